The van der Waals surface area contributed by atoms with Crippen molar-refractivity contribution in [1.29, 1.82) is 0 Å². The minimum absolute atomic E-state index is 0.815. The molecule has 5 nitrogen and oxygen atoms in total. The molecule has 0 amide bonds. The summed E-state index contributed by atoms with van der Waals surface area (Å²) in [4.78, 5) is 6.83. The summed E-state index contributed by atoms with van der Waals surface area (Å²) in [6, 6.07) is 2.12. The number of H-pyrrole nitrogens is 1. The molecule has 0 aliphatic carbocycles. The summed E-state index contributed by atoms with van der Waals surface area (Å²) in [6.45, 7) is 4.07. The number of nitrogens with one attached hydrogen (secondary N) is 2. The number of nitrogens with zero attached hydrogens (tertiary/aromatic N) is 3. The quantitative estimate of drug-likeness (QED) is 0.788. The Morgan fingerprint density at radius 1 is 1.33 bits per heavy atom. The van der Waals surface area contributed by atoms with Crippen LogP contribution in [-0.4, -0.2) is 41.4 Å². The van der Waals surface area contributed by atoms with Gasteiger partial charge in [-0.1, -0.05) is 0 Å². The van der Waals surface area contributed by atoms with Crippen LogP contribution in [-0.2, 0) is 0 Å². The van der Waals surface area contributed by atoms with Gasteiger partial charge in [-0.2, -0.15) is 4.98 Å². The Morgan fingerprint density at radius 2 is 2.28 bits per heavy atom. The molecule has 1 fully saturated rings. The minimum atomic E-state index is 0.815. The average Bonchev–Trinajstić information content (AvgIpc) is 2.92. The molecular weight excluding hydrogens is 361 g/mol. The van der Waals surface area contributed by atoms with E-state index in [0.29, 0.717) is 0 Å². The van der Waals surface area contributed by atoms with Crippen molar-refractivity contribution in [3.8, 4) is 11.4 Å². The van der Waals surface area contributed by atoms with Gasteiger partial charge in [-0.25, -0.2) is 0 Å². The van der Waals surface area contributed by atoms with Gasteiger partial charge in [0.1, 0.15) is 0 Å². The van der Waals surface area contributed by atoms with E-state index in [1.54, 1.807) is 11.3 Å². The molecule has 18 heavy (non-hydrogen) atoms. The highest BCUT2D eigenvalue weighted by Gasteiger charge is 2.15. The van der Waals surface area contributed by atoms with Crippen LogP contribution in [0.2, 0.25) is 0 Å². The number of thiophene rings is 1. The number of aromatic nitrogens is 3. The highest BCUT2D eigenvalue weighted by Crippen LogP contribution is 2.25. The maximum Gasteiger partial charge on any atom is 0.245 e. The van der Waals surface area contributed by atoms with Gasteiger partial charge in [0.25, 0.3) is 0 Å². The summed E-state index contributed by atoms with van der Waals surface area (Å²) in [5.74, 6) is 1.68. The molecule has 2 aromatic rings. The van der Waals surface area contributed by atoms with Gasteiger partial charge < -0.3 is 10.2 Å². The summed E-state index contributed by atoms with van der Waals surface area (Å²) in [5, 5.41) is 12.9. The third-order valence-corrected chi connectivity index (χ3v) is 4.73. The van der Waals surface area contributed by atoms with Crippen LogP contribution in [0, 0.1) is 2.88 Å². The van der Waals surface area contributed by atoms with E-state index in [-0.39, 0.29) is 0 Å². The zero-order valence-corrected chi connectivity index (χ0v) is 12.8. The van der Waals surface area contributed by atoms with E-state index in [2.05, 4.69) is 59.4 Å². The Hall–Kier alpha value is -0.670. The third-order valence-electron chi connectivity index (χ3n) is 2.94. The van der Waals surface area contributed by atoms with Gasteiger partial charge in [-0.15, -0.1) is 16.4 Å². The molecule has 96 valence electrons. The zero-order chi connectivity index (χ0) is 12.4. The topological polar surface area (TPSA) is 56.8 Å². The predicted octanol–water partition coefficient (Wildman–Crippen LogP) is 1.94. The van der Waals surface area contributed by atoms with E-state index in [0.717, 1.165) is 49.9 Å². The summed E-state index contributed by atoms with van der Waals surface area (Å²) in [7, 11) is 0. The molecule has 3 heterocycles. The maximum absolute atomic E-state index is 4.59. The highest BCUT2D eigenvalue weighted by molar-refractivity contribution is 14.1. The van der Waals surface area contributed by atoms with Crippen molar-refractivity contribution in [1.82, 2.24) is 20.5 Å². The Balaban J connectivity index is 1.80. The summed E-state index contributed by atoms with van der Waals surface area (Å²) in [6.07, 6.45) is 1.14. The van der Waals surface area contributed by atoms with Crippen molar-refractivity contribution in [2.24, 2.45) is 0 Å². The first-order chi connectivity index (χ1) is 8.83. The first-order valence-corrected chi connectivity index (χ1v) is 7.91. The normalized spacial score (nSPS) is 16.8. The number of halogens is 1. The van der Waals surface area contributed by atoms with Crippen molar-refractivity contribution in [2.45, 2.75) is 6.42 Å². The third kappa shape index (κ3) is 2.67. The second kappa shape index (κ2) is 5.54. The smallest absolute Gasteiger partial charge is 0.245 e. The van der Waals surface area contributed by atoms with Gasteiger partial charge in [0.15, 0.2) is 5.82 Å². The second-order valence-corrected chi connectivity index (χ2v) is 7.02. The summed E-state index contributed by atoms with van der Waals surface area (Å²) >= 11 is 4.04. The number of aromatic amines is 1. The van der Waals surface area contributed by atoms with Gasteiger partial charge in [0.05, 0.1) is 2.88 Å². The molecular formula is C11H14IN5S. The van der Waals surface area contributed by atoms with Crippen LogP contribution in [0.4, 0.5) is 5.95 Å². The molecule has 0 aromatic carbocycles. The van der Waals surface area contributed by atoms with Crippen LogP contribution >= 0.6 is 33.9 Å². The lowest BCUT2D eigenvalue weighted by Crippen LogP contribution is -2.28. The molecule has 2 N–H and O–H groups in total. The van der Waals surface area contributed by atoms with Crippen LogP contribution in [0.5, 0.6) is 0 Å². The van der Waals surface area contributed by atoms with Gasteiger partial charge in [-0.05, 0) is 41.6 Å². The van der Waals surface area contributed by atoms with Crippen molar-refractivity contribution < 1.29 is 0 Å². The highest BCUT2D eigenvalue weighted by atomic mass is 127. The van der Waals surface area contributed by atoms with Crippen molar-refractivity contribution in [3.05, 3.63) is 14.3 Å². The van der Waals surface area contributed by atoms with Crippen LogP contribution in [0.25, 0.3) is 11.4 Å². The van der Waals surface area contributed by atoms with E-state index in [1.165, 1.54) is 2.88 Å². The lowest BCUT2D eigenvalue weighted by Gasteiger charge is -2.16. The van der Waals surface area contributed by atoms with Crippen molar-refractivity contribution in [3.63, 3.8) is 0 Å². The fourth-order valence-electron chi connectivity index (χ4n) is 2.00. The van der Waals surface area contributed by atoms with E-state index in [1.807, 2.05) is 0 Å². The maximum atomic E-state index is 4.59. The molecule has 1 aliphatic heterocycles. The fraction of sp³-hybridized carbons (Fsp3) is 0.455. The summed E-state index contributed by atoms with van der Waals surface area (Å²) in [5.41, 5.74) is 1.12. The molecule has 0 bridgehead atoms. The van der Waals surface area contributed by atoms with E-state index in [4.69, 9.17) is 0 Å². The van der Waals surface area contributed by atoms with Crippen LogP contribution in [0.15, 0.2) is 11.4 Å². The number of anilines is 1. The first-order valence-electron chi connectivity index (χ1n) is 5.95. The largest absolute Gasteiger partial charge is 0.338 e. The summed E-state index contributed by atoms with van der Waals surface area (Å²) < 4.78 is 1.26. The fourth-order valence-corrected chi connectivity index (χ4v) is 3.33. The molecule has 3 rings (SSSR count). The van der Waals surface area contributed by atoms with Crippen molar-refractivity contribution in [2.75, 3.05) is 31.1 Å². The van der Waals surface area contributed by atoms with Gasteiger partial charge in [0, 0.05) is 30.6 Å². The Morgan fingerprint density at radius 3 is 3.11 bits per heavy atom. The van der Waals surface area contributed by atoms with Crippen LogP contribution < -0.4 is 10.2 Å². The SMILES string of the molecule is Ic1cc(-c2nc(N3CCCNCC3)n[nH]2)cs1. The van der Waals surface area contributed by atoms with Crippen molar-refractivity contribution >= 4 is 39.9 Å². The predicted molar refractivity (Wildman–Crippen MR) is 82.1 cm³/mol. The van der Waals surface area contributed by atoms with Crippen LogP contribution in [0.1, 0.15) is 6.42 Å². The molecule has 0 spiro atoms. The Labute approximate surface area is 123 Å². The minimum Gasteiger partial charge on any atom is -0.338 e. The standard InChI is InChI=1S/C11H14IN5S/c12-9-6-8(7-18-9)10-14-11(16-15-10)17-4-1-2-13-3-5-17/h6-7,13H,1-5H2,(H,14,15,16). The second-order valence-electron chi connectivity index (χ2n) is 4.21. The molecule has 0 saturated carbocycles. The molecule has 1 aliphatic rings. The van der Waals surface area contributed by atoms with Crippen LogP contribution in [0.3, 0.4) is 0 Å². The first kappa shape index (κ1) is 12.4. The zero-order valence-electron chi connectivity index (χ0n) is 9.82. The molecule has 7 heteroatoms. The lowest BCUT2D eigenvalue weighted by molar-refractivity contribution is 0.724. The molecule has 1 saturated heterocycles. The van der Waals surface area contributed by atoms with E-state index < -0.39 is 0 Å². The number of hydrogen-bond donors (Lipinski definition) is 2. The number of rotatable bonds is 2. The van der Waals surface area contributed by atoms with Gasteiger partial charge in [-0.3, -0.25) is 5.10 Å². The van der Waals surface area contributed by atoms with Gasteiger partial charge in [0.2, 0.25) is 5.95 Å². The Bertz CT molecular complexity index is 515. The average molecular weight is 375 g/mol. The number of hydrogen-bond acceptors (Lipinski definition) is 5. The molecule has 0 atom stereocenters. The molecule has 0 radical (unpaired) electrons. The molecule has 0 unspecified atom stereocenters. The molecule has 2 aromatic heterocycles. The van der Waals surface area contributed by atoms with E-state index in [9.17, 15) is 0 Å². The van der Waals surface area contributed by atoms with Gasteiger partial charge >= 0.3 is 0 Å². The Kier molecular flexibility index (Phi) is 3.80. The van der Waals surface area contributed by atoms with E-state index >= 15 is 0 Å². The monoisotopic (exact) mass is 375 g/mol. The lowest BCUT2D eigenvalue weighted by atomic mass is 10.3.